The third-order valence-electron chi connectivity index (χ3n) is 4.14. The van der Waals surface area contributed by atoms with Crippen molar-refractivity contribution in [2.24, 2.45) is 0 Å². The SMILES string of the molecule is Cc1noc(-n2nnnc2CNC(C)(C)Cc2ccc(F)cc2)c1C. The highest BCUT2D eigenvalue weighted by molar-refractivity contribution is 5.31. The number of rotatable bonds is 6. The first-order valence-corrected chi connectivity index (χ1v) is 8.06. The lowest BCUT2D eigenvalue weighted by molar-refractivity contribution is 0.365. The van der Waals surface area contributed by atoms with Crippen LogP contribution in [0.1, 0.15) is 36.5 Å². The zero-order chi connectivity index (χ0) is 18.0. The normalized spacial score (nSPS) is 11.9. The first kappa shape index (κ1) is 17.2. The zero-order valence-corrected chi connectivity index (χ0v) is 14.7. The van der Waals surface area contributed by atoms with Crippen LogP contribution in [0.15, 0.2) is 28.8 Å². The zero-order valence-electron chi connectivity index (χ0n) is 14.7. The van der Waals surface area contributed by atoms with Crippen LogP contribution in [0.25, 0.3) is 5.88 Å². The van der Waals surface area contributed by atoms with Crippen molar-refractivity contribution in [2.75, 3.05) is 0 Å². The summed E-state index contributed by atoms with van der Waals surface area (Å²) in [6, 6.07) is 6.54. The molecule has 0 amide bonds. The van der Waals surface area contributed by atoms with Crippen molar-refractivity contribution in [1.82, 2.24) is 30.7 Å². The van der Waals surface area contributed by atoms with Crippen molar-refractivity contribution < 1.29 is 8.91 Å². The highest BCUT2D eigenvalue weighted by Crippen LogP contribution is 2.18. The van der Waals surface area contributed by atoms with Gasteiger partial charge in [0, 0.05) is 11.1 Å². The summed E-state index contributed by atoms with van der Waals surface area (Å²) in [7, 11) is 0. The summed E-state index contributed by atoms with van der Waals surface area (Å²) in [5, 5.41) is 19.2. The van der Waals surface area contributed by atoms with Crippen LogP contribution in [0.4, 0.5) is 4.39 Å². The Balaban J connectivity index is 1.70. The fourth-order valence-electron chi connectivity index (χ4n) is 2.57. The monoisotopic (exact) mass is 344 g/mol. The molecule has 0 aliphatic heterocycles. The number of aryl methyl sites for hydroxylation is 1. The van der Waals surface area contributed by atoms with Crippen molar-refractivity contribution in [3.05, 3.63) is 52.7 Å². The molecule has 3 aromatic rings. The van der Waals surface area contributed by atoms with Gasteiger partial charge in [0.05, 0.1) is 12.2 Å². The number of halogens is 1. The predicted octanol–water partition coefficient (Wildman–Crippen LogP) is 2.52. The quantitative estimate of drug-likeness (QED) is 0.740. The molecule has 0 saturated carbocycles. The average molecular weight is 344 g/mol. The maximum atomic E-state index is 13.0. The van der Waals surface area contributed by atoms with Gasteiger partial charge in [-0.2, -0.15) is 4.68 Å². The third kappa shape index (κ3) is 3.90. The van der Waals surface area contributed by atoms with E-state index in [0.29, 0.717) is 18.3 Å². The molecule has 1 aromatic carbocycles. The van der Waals surface area contributed by atoms with Gasteiger partial charge >= 0.3 is 0 Å². The van der Waals surface area contributed by atoms with Gasteiger partial charge in [-0.3, -0.25) is 0 Å². The summed E-state index contributed by atoms with van der Waals surface area (Å²) < 4.78 is 19.9. The highest BCUT2D eigenvalue weighted by Gasteiger charge is 2.21. The number of nitrogens with zero attached hydrogens (tertiary/aromatic N) is 5. The smallest absolute Gasteiger partial charge is 0.257 e. The molecule has 0 fully saturated rings. The van der Waals surface area contributed by atoms with E-state index in [4.69, 9.17) is 4.52 Å². The van der Waals surface area contributed by atoms with Crippen molar-refractivity contribution in [2.45, 2.75) is 46.2 Å². The minimum absolute atomic E-state index is 0.221. The van der Waals surface area contributed by atoms with E-state index in [1.807, 2.05) is 13.8 Å². The minimum Gasteiger partial charge on any atom is -0.336 e. The molecule has 8 heteroatoms. The van der Waals surface area contributed by atoms with Crippen LogP contribution in [0.2, 0.25) is 0 Å². The van der Waals surface area contributed by atoms with E-state index < -0.39 is 0 Å². The van der Waals surface area contributed by atoms with E-state index in [1.165, 1.54) is 12.1 Å². The lowest BCUT2D eigenvalue weighted by Gasteiger charge is -2.26. The Morgan fingerprint density at radius 1 is 1.20 bits per heavy atom. The number of benzene rings is 1. The molecule has 2 aromatic heterocycles. The van der Waals surface area contributed by atoms with Crippen molar-refractivity contribution >= 4 is 0 Å². The first-order valence-electron chi connectivity index (χ1n) is 8.06. The molecule has 3 rings (SSSR count). The van der Waals surface area contributed by atoms with Crippen LogP contribution >= 0.6 is 0 Å². The Bertz CT molecular complexity index is 852. The van der Waals surface area contributed by atoms with Crippen molar-refractivity contribution in [3.63, 3.8) is 0 Å². The van der Waals surface area contributed by atoms with E-state index in [2.05, 4.69) is 39.8 Å². The third-order valence-corrected chi connectivity index (χ3v) is 4.14. The maximum Gasteiger partial charge on any atom is 0.257 e. The summed E-state index contributed by atoms with van der Waals surface area (Å²) in [6.07, 6.45) is 0.745. The maximum absolute atomic E-state index is 13.0. The number of hydrogen-bond acceptors (Lipinski definition) is 6. The molecule has 0 aliphatic carbocycles. The van der Waals surface area contributed by atoms with Gasteiger partial charge in [-0.25, -0.2) is 4.39 Å². The fourth-order valence-corrected chi connectivity index (χ4v) is 2.57. The van der Waals surface area contributed by atoms with Gasteiger partial charge in [0.1, 0.15) is 5.82 Å². The minimum atomic E-state index is -0.230. The van der Waals surface area contributed by atoms with Crippen molar-refractivity contribution in [3.8, 4) is 5.88 Å². The van der Waals surface area contributed by atoms with E-state index in [9.17, 15) is 4.39 Å². The Morgan fingerprint density at radius 3 is 2.56 bits per heavy atom. The Kier molecular flexibility index (Phi) is 4.63. The number of aromatic nitrogens is 5. The molecule has 0 radical (unpaired) electrons. The Labute approximate surface area is 145 Å². The highest BCUT2D eigenvalue weighted by atomic mass is 19.1. The number of nitrogens with one attached hydrogen (secondary N) is 1. The summed E-state index contributed by atoms with van der Waals surface area (Å²) in [5.41, 5.74) is 2.54. The lowest BCUT2D eigenvalue weighted by Crippen LogP contribution is -2.41. The van der Waals surface area contributed by atoms with Crippen LogP contribution in [-0.2, 0) is 13.0 Å². The molecular formula is C17H21FN6O. The van der Waals surface area contributed by atoms with Crippen LogP contribution in [0.5, 0.6) is 0 Å². The second-order valence-electron chi connectivity index (χ2n) is 6.75. The summed E-state index contributed by atoms with van der Waals surface area (Å²) in [6.45, 7) is 8.40. The van der Waals surface area contributed by atoms with E-state index in [0.717, 1.165) is 23.2 Å². The molecule has 0 bridgehead atoms. The molecule has 0 unspecified atom stereocenters. The molecule has 2 heterocycles. The Hall–Kier alpha value is -2.61. The van der Waals surface area contributed by atoms with Gasteiger partial charge in [0.25, 0.3) is 5.88 Å². The molecule has 0 atom stereocenters. The van der Waals surface area contributed by atoms with Crippen molar-refractivity contribution in [1.29, 1.82) is 0 Å². The van der Waals surface area contributed by atoms with Crippen LogP contribution in [0, 0.1) is 19.7 Å². The molecule has 7 nitrogen and oxygen atoms in total. The molecule has 0 aliphatic rings. The number of tetrazole rings is 1. The summed E-state index contributed by atoms with van der Waals surface area (Å²) in [4.78, 5) is 0. The van der Waals surface area contributed by atoms with Gasteiger partial charge in [0.15, 0.2) is 5.82 Å². The largest absolute Gasteiger partial charge is 0.336 e. The fraction of sp³-hybridized carbons (Fsp3) is 0.412. The molecule has 25 heavy (non-hydrogen) atoms. The van der Waals surface area contributed by atoms with Gasteiger partial charge < -0.3 is 9.84 Å². The van der Waals surface area contributed by atoms with Crippen LogP contribution in [-0.4, -0.2) is 30.9 Å². The molecule has 1 N–H and O–H groups in total. The van der Waals surface area contributed by atoms with Crippen LogP contribution in [0.3, 0.4) is 0 Å². The average Bonchev–Trinajstić information content (AvgIpc) is 3.15. The molecule has 132 valence electrons. The summed E-state index contributed by atoms with van der Waals surface area (Å²) >= 11 is 0. The van der Waals surface area contributed by atoms with E-state index >= 15 is 0 Å². The second kappa shape index (κ2) is 6.72. The van der Waals surface area contributed by atoms with E-state index in [1.54, 1.807) is 16.8 Å². The molecular weight excluding hydrogens is 323 g/mol. The summed E-state index contributed by atoms with van der Waals surface area (Å²) in [5.74, 6) is 0.925. The molecule has 0 spiro atoms. The van der Waals surface area contributed by atoms with Gasteiger partial charge in [0.2, 0.25) is 0 Å². The van der Waals surface area contributed by atoms with Gasteiger partial charge in [-0.15, -0.1) is 5.10 Å². The van der Waals surface area contributed by atoms with E-state index in [-0.39, 0.29) is 11.4 Å². The van der Waals surface area contributed by atoms with Gasteiger partial charge in [-0.05, 0) is 62.2 Å². The topological polar surface area (TPSA) is 81.7 Å². The predicted molar refractivity (Wildman–Crippen MR) is 89.7 cm³/mol. The Morgan fingerprint density at radius 2 is 1.92 bits per heavy atom. The lowest BCUT2D eigenvalue weighted by atomic mass is 9.95. The van der Waals surface area contributed by atoms with Crippen LogP contribution < -0.4 is 5.32 Å². The molecule has 0 saturated heterocycles. The first-order chi connectivity index (χ1) is 11.9. The number of hydrogen-bond donors (Lipinski definition) is 1. The van der Waals surface area contributed by atoms with Gasteiger partial charge in [-0.1, -0.05) is 17.3 Å². The second-order valence-corrected chi connectivity index (χ2v) is 6.75. The standard InChI is InChI=1S/C17H21FN6O/c1-11-12(2)21-25-16(11)24-15(20-22-23-24)10-19-17(3,4)9-13-5-7-14(18)8-6-13/h5-8,19H,9-10H2,1-4H3.